The molecule has 0 aliphatic rings. The molecule has 0 heterocycles. The maximum atomic E-state index is 4.55. The molecule has 2 heteroatoms. The molecule has 2 atom stereocenters. The van der Waals surface area contributed by atoms with Crippen molar-refractivity contribution in [1.82, 2.24) is 5.32 Å². The molecule has 0 saturated carbocycles. The van der Waals surface area contributed by atoms with Crippen molar-refractivity contribution in [2.24, 2.45) is 16.8 Å². The first-order valence-electron chi connectivity index (χ1n) is 11.3. The van der Waals surface area contributed by atoms with Crippen molar-refractivity contribution in [3.63, 3.8) is 0 Å². The van der Waals surface area contributed by atoms with Crippen molar-refractivity contribution in [2.45, 2.75) is 81.2 Å². The number of aliphatic imine (C=N–C) groups is 1. The fourth-order valence-electron chi connectivity index (χ4n) is 3.92. The van der Waals surface area contributed by atoms with Crippen molar-refractivity contribution in [3.8, 4) is 0 Å². The van der Waals surface area contributed by atoms with Crippen molar-refractivity contribution >= 4 is 6.72 Å². The van der Waals surface area contributed by atoms with Gasteiger partial charge in [-0.2, -0.15) is 0 Å². The van der Waals surface area contributed by atoms with E-state index < -0.39 is 5.54 Å². The van der Waals surface area contributed by atoms with E-state index in [4.69, 9.17) is 0 Å². The van der Waals surface area contributed by atoms with Crippen LogP contribution in [0.5, 0.6) is 0 Å². The Balaban J connectivity index is 5.81. The molecule has 0 aromatic rings. The maximum Gasteiger partial charge on any atom is 0.109 e. The molecule has 0 aromatic heterocycles. The summed E-state index contributed by atoms with van der Waals surface area (Å²) in [4.78, 5) is 4.55. The average molecular weight is 411 g/mol. The molecule has 168 valence electrons. The van der Waals surface area contributed by atoms with E-state index in [1.807, 2.05) is 13.8 Å². The lowest BCUT2D eigenvalue weighted by Gasteiger charge is -2.32. The van der Waals surface area contributed by atoms with Crippen LogP contribution in [0.1, 0.15) is 75.7 Å². The van der Waals surface area contributed by atoms with Gasteiger partial charge in [-0.05, 0) is 77.7 Å². The van der Waals surface area contributed by atoms with E-state index in [0.717, 1.165) is 29.8 Å². The first kappa shape index (κ1) is 27.9. The van der Waals surface area contributed by atoms with Crippen LogP contribution in [0.3, 0.4) is 0 Å². The first-order chi connectivity index (χ1) is 14.0. The van der Waals surface area contributed by atoms with Crippen molar-refractivity contribution in [3.05, 3.63) is 70.5 Å². The van der Waals surface area contributed by atoms with E-state index in [9.17, 15) is 0 Å². The van der Waals surface area contributed by atoms with Crippen LogP contribution in [0, 0.1) is 11.8 Å². The fourth-order valence-corrected chi connectivity index (χ4v) is 3.92. The lowest BCUT2D eigenvalue weighted by atomic mass is 9.80. The van der Waals surface area contributed by atoms with Crippen LogP contribution in [0.4, 0.5) is 0 Å². The smallest absolute Gasteiger partial charge is 0.109 e. The van der Waals surface area contributed by atoms with Crippen molar-refractivity contribution in [1.29, 1.82) is 0 Å². The molecular weight excluding hydrogens is 364 g/mol. The van der Waals surface area contributed by atoms with Crippen LogP contribution in [-0.4, -0.2) is 18.8 Å². The van der Waals surface area contributed by atoms with E-state index in [-0.39, 0.29) is 0 Å². The summed E-state index contributed by atoms with van der Waals surface area (Å²) in [5.41, 5.74) is 6.55. The summed E-state index contributed by atoms with van der Waals surface area (Å²) >= 11 is 0. The monoisotopic (exact) mass is 410 g/mol. The molecule has 0 radical (unpaired) electrons. The Morgan fingerprint density at radius 3 is 2.07 bits per heavy atom. The summed E-state index contributed by atoms with van der Waals surface area (Å²) in [7, 11) is 0. The van der Waals surface area contributed by atoms with Gasteiger partial charge in [0.1, 0.15) is 5.54 Å². The molecule has 2 unspecified atom stereocenters. The second-order valence-electron chi connectivity index (χ2n) is 8.65. The molecular formula is C28H46N2. The zero-order valence-corrected chi connectivity index (χ0v) is 21.3. The Labute approximate surface area is 187 Å². The van der Waals surface area contributed by atoms with Crippen molar-refractivity contribution < 1.29 is 0 Å². The third-order valence-electron chi connectivity index (χ3n) is 5.93. The second kappa shape index (κ2) is 13.3. The number of hydrogen-bond donors (Lipinski definition) is 1. The van der Waals surface area contributed by atoms with Crippen LogP contribution >= 0.6 is 0 Å². The Morgan fingerprint density at radius 2 is 1.70 bits per heavy atom. The molecule has 0 bridgehead atoms. The summed E-state index contributed by atoms with van der Waals surface area (Å²) in [5.74, 6) is 1.13. The molecule has 0 fully saturated rings. The van der Waals surface area contributed by atoms with Gasteiger partial charge in [-0.3, -0.25) is 4.99 Å². The summed E-state index contributed by atoms with van der Waals surface area (Å²) in [6.45, 7) is 30.6. The van der Waals surface area contributed by atoms with E-state index >= 15 is 0 Å². The second-order valence-corrected chi connectivity index (χ2v) is 8.65. The topological polar surface area (TPSA) is 24.4 Å². The van der Waals surface area contributed by atoms with Gasteiger partial charge in [0.15, 0.2) is 0 Å². The highest BCUT2D eigenvalue weighted by Gasteiger charge is 2.32. The van der Waals surface area contributed by atoms with Gasteiger partial charge in [-0.1, -0.05) is 75.8 Å². The molecule has 0 aromatic carbocycles. The predicted molar refractivity (Wildman–Crippen MR) is 138 cm³/mol. The third kappa shape index (κ3) is 7.31. The van der Waals surface area contributed by atoms with Gasteiger partial charge < -0.3 is 5.32 Å². The van der Waals surface area contributed by atoms with Crippen molar-refractivity contribution in [2.75, 3.05) is 6.54 Å². The Morgan fingerprint density at radius 1 is 1.10 bits per heavy atom. The summed E-state index contributed by atoms with van der Waals surface area (Å²) < 4.78 is 0. The average Bonchev–Trinajstić information content (AvgIpc) is 2.71. The molecule has 2 nitrogen and oxygen atoms in total. The highest BCUT2D eigenvalue weighted by molar-refractivity contribution is 5.53. The van der Waals surface area contributed by atoms with E-state index in [1.54, 1.807) is 0 Å². The molecule has 0 amide bonds. The van der Waals surface area contributed by atoms with E-state index in [0.29, 0.717) is 11.8 Å². The van der Waals surface area contributed by atoms with E-state index in [2.05, 4.69) is 109 Å². The van der Waals surface area contributed by atoms with Crippen LogP contribution in [0.15, 0.2) is 75.5 Å². The fraction of sp³-hybridized carbons (Fsp3) is 0.536. The standard InChI is InChI=1S/C28H46N2/c1-13-17-27(21(7)8)28(11,29-12)26(16-4)23(10)30-19-24(15-3)18-25(20(5)6)22(9)14-2/h13,15-18,20,22,30H,10,12,14,19H2,1-9,11H3/b17-13-,24-15+,25-18-,26-16-. The molecule has 1 N–H and O–H groups in total. The van der Waals surface area contributed by atoms with Crippen LogP contribution < -0.4 is 5.32 Å². The first-order valence-corrected chi connectivity index (χ1v) is 11.3. The molecule has 30 heavy (non-hydrogen) atoms. The largest absolute Gasteiger partial charge is 0.381 e. The summed E-state index contributed by atoms with van der Waals surface area (Å²) in [6, 6.07) is 0. The number of nitrogens with zero attached hydrogens (tertiary/aromatic N) is 1. The lowest BCUT2D eigenvalue weighted by Crippen LogP contribution is -2.32. The predicted octanol–water partition coefficient (Wildman–Crippen LogP) is 7.98. The van der Waals surface area contributed by atoms with Gasteiger partial charge in [-0.25, -0.2) is 0 Å². The van der Waals surface area contributed by atoms with Gasteiger partial charge in [0.05, 0.1) is 0 Å². The SMILES string of the molecule is C=NC(C)(C(/C=C\C)=C(C)C)/C(=C\C)C(=C)NCC(/C=C(/C(C)C)C(C)CC)=C/C. The number of allylic oxidation sites excluding steroid dienone is 5. The number of hydrogen-bond acceptors (Lipinski definition) is 2. The van der Waals surface area contributed by atoms with Gasteiger partial charge in [0.2, 0.25) is 0 Å². The summed E-state index contributed by atoms with van der Waals surface area (Å²) in [5, 5.41) is 3.55. The van der Waals surface area contributed by atoms with Crippen LogP contribution in [0.25, 0.3) is 0 Å². The normalized spacial score (nSPS) is 16.4. The highest BCUT2D eigenvalue weighted by atomic mass is 14.9. The number of nitrogens with one attached hydrogen (secondary N) is 1. The molecule has 0 aliphatic carbocycles. The molecule has 0 aliphatic heterocycles. The Hall–Kier alpha value is -2.09. The van der Waals surface area contributed by atoms with Gasteiger partial charge in [0, 0.05) is 17.8 Å². The molecule has 0 spiro atoms. The lowest BCUT2D eigenvalue weighted by molar-refractivity contribution is 0.567. The summed E-state index contributed by atoms with van der Waals surface area (Å²) in [6.07, 6.45) is 12.0. The van der Waals surface area contributed by atoms with Crippen LogP contribution in [-0.2, 0) is 0 Å². The minimum Gasteiger partial charge on any atom is -0.381 e. The Bertz CT molecular complexity index is 737. The van der Waals surface area contributed by atoms with E-state index in [1.165, 1.54) is 16.7 Å². The Kier molecular flexibility index (Phi) is 12.3. The third-order valence-corrected chi connectivity index (χ3v) is 5.93. The molecule has 0 rings (SSSR count). The zero-order valence-electron chi connectivity index (χ0n) is 21.3. The van der Waals surface area contributed by atoms with Gasteiger partial charge in [-0.15, -0.1) is 0 Å². The maximum absolute atomic E-state index is 4.55. The highest BCUT2D eigenvalue weighted by Crippen LogP contribution is 2.35. The van der Waals surface area contributed by atoms with Gasteiger partial charge in [0.25, 0.3) is 0 Å². The molecule has 0 saturated heterocycles. The number of rotatable bonds is 12. The quantitative estimate of drug-likeness (QED) is 0.256. The minimum atomic E-state index is -0.546. The van der Waals surface area contributed by atoms with Gasteiger partial charge >= 0.3 is 0 Å². The minimum absolute atomic E-state index is 0.540. The zero-order chi connectivity index (χ0) is 23.5. The van der Waals surface area contributed by atoms with Crippen LogP contribution in [0.2, 0.25) is 0 Å².